The van der Waals surface area contributed by atoms with Crippen molar-refractivity contribution < 1.29 is 9.53 Å². The highest BCUT2D eigenvalue weighted by Crippen LogP contribution is 2.23. The molecule has 0 saturated heterocycles. The lowest BCUT2D eigenvalue weighted by Crippen LogP contribution is -2.21. The number of para-hydroxylation sites is 2. The van der Waals surface area contributed by atoms with E-state index in [1.807, 2.05) is 63.4 Å². The number of hydrogen-bond donors (Lipinski definition) is 0. The maximum atomic E-state index is 12.6. The maximum absolute atomic E-state index is 12.6. The van der Waals surface area contributed by atoms with Crippen LogP contribution in [0.5, 0.6) is 5.75 Å². The first kappa shape index (κ1) is 16.7. The minimum atomic E-state index is -0.956. The smallest absolute Gasteiger partial charge is 0.194 e. The Morgan fingerprint density at radius 2 is 2.00 bits per heavy atom. The fourth-order valence-electron chi connectivity index (χ4n) is 2.81. The molecule has 3 aromatic rings. The van der Waals surface area contributed by atoms with Gasteiger partial charge in [-0.25, -0.2) is 4.98 Å². The Hall–Kier alpha value is -3.13. The van der Waals surface area contributed by atoms with E-state index in [2.05, 4.69) is 11.1 Å². The van der Waals surface area contributed by atoms with Crippen LogP contribution in [0.1, 0.15) is 22.9 Å². The number of aromatic nitrogens is 2. The van der Waals surface area contributed by atoms with Crippen LogP contribution in [-0.4, -0.2) is 21.9 Å². The van der Waals surface area contributed by atoms with Crippen molar-refractivity contribution in [2.24, 2.45) is 7.05 Å². The summed E-state index contributed by atoms with van der Waals surface area (Å²) >= 11 is 0. The van der Waals surface area contributed by atoms with Crippen LogP contribution in [0.3, 0.4) is 0 Å². The Bertz CT molecular complexity index is 982. The monoisotopic (exact) mass is 333 g/mol. The van der Waals surface area contributed by atoms with E-state index < -0.39 is 5.92 Å². The summed E-state index contributed by atoms with van der Waals surface area (Å²) in [4.78, 5) is 17.0. The number of nitrogens with zero attached hydrogens (tertiary/aromatic N) is 3. The molecular formula is C20H19N3O2. The first-order valence-corrected chi connectivity index (χ1v) is 8.05. The number of benzene rings is 2. The van der Waals surface area contributed by atoms with Crippen LogP contribution in [-0.2, 0) is 11.8 Å². The van der Waals surface area contributed by atoms with Gasteiger partial charge in [-0.15, -0.1) is 0 Å². The van der Waals surface area contributed by atoms with E-state index in [9.17, 15) is 10.1 Å². The molecule has 0 saturated carbocycles. The molecule has 0 aliphatic rings. The van der Waals surface area contributed by atoms with E-state index >= 15 is 0 Å². The highest BCUT2D eigenvalue weighted by molar-refractivity contribution is 5.90. The van der Waals surface area contributed by atoms with Gasteiger partial charge in [-0.2, -0.15) is 5.26 Å². The lowest BCUT2D eigenvalue weighted by atomic mass is 10.1. The van der Waals surface area contributed by atoms with Crippen molar-refractivity contribution in [3.63, 3.8) is 0 Å². The topological polar surface area (TPSA) is 67.9 Å². The molecule has 0 spiro atoms. The zero-order chi connectivity index (χ0) is 18.0. The average molecular weight is 333 g/mol. The minimum Gasteiger partial charge on any atom is -0.485 e. The molecule has 0 aliphatic heterocycles. The number of Topliss-reactive ketones (excluding diaryl/α,β-unsaturated/α-hetero) is 1. The van der Waals surface area contributed by atoms with Crippen molar-refractivity contribution >= 4 is 16.8 Å². The van der Waals surface area contributed by atoms with Crippen molar-refractivity contribution in [1.29, 1.82) is 5.26 Å². The van der Waals surface area contributed by atoms with Gasteiger partial charge in [-0.05, 0) is 43.2 Å². The fourth-order valence-corrected chi connectivity index (χ4v) is 2.81. The molecule has 0 amide bonds. The number of imidazole rings is 1. The number of fused-ring (bicyclic) bond motifs is 1. The fraction of sp³-hybridized carbons (Fsp3) is 0.250. The molecule has 0 fully saturated rings. The van der Waals surface area contributed by atoms with Crippen molar-refractivity contribution in [2.45, 2.75) is 19.8 Å². The number of carbonyl (C=O) groups excluding carboxylic acids is 1. The van der Waals surface area contributed by atoms with Gasteiger partial charge in [-0.1, -0.05) is 24.3 Å². The Labute approximate surface area is 146 Å². The van der Waals surface area contributed by atoms with Crippen LogP contribution in [0.4, 0.5) is 0 Å². The third kappa shape index (κ3) is 3.11. The zero-order valence-electron chi connectivity index (χ0n) is 14.5. The van der Waals surface area contributed by atoms with Crippen LogP contribution in [0.25, 0.3) is 11.0 Å². The molecule has 2 aromatic carbocycles. The molecule has 25 heavy (non-hydrogen) atoms. The molecule has 5 nitrogen and oxygen atoms in total. The molecule has 1 heterocycles. The van der Waals surface area contributed by atoms with Gasteiger partial charge in [0.25, 0.3) is 0 Å². The van der Waals surface area contributed by atoms with Gasteiger partial charge in [0.2, 0.25) is 0 Å². The molecule has 5 heteroatoms. The number of rotatable bonds is 5. The third-order valence-electron chi connectivity index (χ3n) is 4.46. The number of carbonyl (C=O) groups is 1. The van der Waals surface area contributed by atoms with Gasteiger partial charge in [0.05, 0.1) is 17.1 Å². The summed E-state index contributed by atoms with van der Waals surface area (Å²) in [5.74, 6) is -0.155. The Morgan fingerprint density at radius 1 is 1.24 bits per heavy atom. The Balaban J connectivity index is 1.83. The van der Waals surface area contributed by atoms with Crippen LogP contribution in [0.15, 0.2) is 42.5 Å². The van der Waals surface area contributed by atoms with E-state index in [0.29, 0.717) is 11.6 Å². The first-order valence-electron chi connectivity index (χ1n) is 8.05. The zero-order valence-corrected chi connectivity index (χ0v) is 14.5. The maximum Gasteiger partial charge on any atom is 0.194 e. The second-order valence-electron chi connectivity index (χ2n) is 6.03. The van der Waals surface area contributed by atoms with Crippen molar-refractivity contribution in [2.75, 3.05) is 6.61 Å². The number of ketones is 1. The highest BCUT2D eigenvalue weighted by Gasteiger charge is 2.26. The number of nitriles is 1. The van der Waals surface area contributed by atoms with Crippen LogP contribution >= 0.6 is 0 Å². The summed E-state index contributed by atoms with van der Waals surface area (Å²) < 4.78 is 7.45. The second-order valence-corrected chi connectivity index (χ2v) is 6.03. The summed E-state index contributed by atoms with van der Waals surface area (Å²) in [5.41, 5.74) is 3.74. The quantitative estimate of drug-likeness (QED) is 0.717. The summed E-state index contributed by atoms with van der Waals surface area (Å²) in [6.45, 7) is 3.77. The van der Waals surface area contributed by atoms with E-state index in [-0.39, 0.29) is 12.4 Å². The summed E-state index contributed by atoms with van der Waals surface area (Å²) in [6.07, 6.45) is 0. The third-order valence-corrected chi connectivity index (χ3v) is 4.46. The lowest BCUT2D eigenvalue weighted by molar-refractivity contribution is -0.121. The van der Waals surface area contributed by atoms with Gasteiger partial charge >= 0.3 is 0 Å². The van der Waals surface area contributed by atoms with Gasteiger partial charge in [0.1, 0.15) is 18.2 Å². The highest BCUT2D eigenvalue weighted by atomic mass is 16.5. The van der Waals surface area contributed by atoms with Crippen molar-refractivity contribution in [1.82, 2.24) is 9.55 Å². The predicted molar refractivity (Wildman–Crippen MR) is 95.5 cm³/mol. The summed E-state index contributed by atoms with van der Waals surface area (Å²) in [5, 5.41) is 9.52. The lowest BCUT2D eigenvalue weighted by Gasteiger charge is -2.12. The SMILES string of the molecule is Cc1cccc(OCC(=O)C(C#N)c2nc3ccccc3n2C)c1C. The standard InChI is InChI=1S/C20H19N3O2/c1-13-7-6-10-19(14(13)2)25-12-18(24)15(11-21)20-22-16-8-4-5-9-17(16)23(20)3/h4-10,15H,12H2,1-3H3. The molecule has 0 N–H and O–H groups in total. The van der Waals surface area contributed by atoms with Gasteiger partial charge < -0.3 is 9.30 Å². The van der Waals surface area contributed by atoms with Crippen molar-refractivity contribution in [3.8, 4) is 11.8 Å². The van der Waals surface area contributed by atoms with Gasteiger partial charge in [0.15, 0.2) is 11.7 Å². The normalized spacial score (nSPS) is 11.9. The molecule has 1 atom stereocenters. The van der Waals surface area contributed by atoms with Crippen LogP contribution in [0, 0.1) is 25.2 Å². The van der Waals surface area contributed by atoms with Crippen molar-refractivity contribution in [3.05, 3.63) is 59.4 Å². The largest absolute Gasteiger partial charge is 0.485 e. The van der Waals surface area contributed by atoms with E-state index in [1.54, 1.807) is 4.57 Å². The molecule has 126 valence electrons. The van der Waals surface area contributed by atoms with E-state index in [0.717, 1.165) is 22.2 Å². The van der Waals surface area contributed by atoms with E-state index in [4.69, 9.17) is 4.74 Å². The summed E-state index contributed by atoms with van der Waals surface area (Å²) in [7, 11) is 1.81. The Morgan fingerprint density at radius 3 is 2.72 bits per heavy atom. The van der Waals surface area contributed by atoms with Crippen LogP contribution in [0.2, 0.25) is 0 Å². The number of hydrogen-bond acceptors (Lipinski definition) is 4. The number of ether oxygens (including phenoxy) is 1. The Kier molecular flexibility index (Phi) is 4.53. The molecule has 3 rings (SSSR count). The molecule has 1 unspecified atom stereocenters. The second kappa shape index (κ2) is 6.78. The average Bonchev–Trinajstić information content (AvgIpc) is 2.94. The van der Waals surface area contributed by atoms with Gasteiger partial charge in [-0.3, -0.25) is 4.79 Å². The first-order chi connectivity index (χ1) is 12.0. The molecular weight excluding hydrogens is 314 g/mol. The minimum absolute atomic E-state index is 0.161. The molecule has 0 radical (unpaired) electrons. The molecule has 0 aliphatic carbocycles. The molecule has 1 aromatic heterocycles. The number of aryl methyl sites for hydroxylation is 2. The van der Waals surface area contributed by atoms with Crippen LogP contribution < -0.4 is 4.74 Å². The van der Waals surface area contributed by atoms with Gasteiger partial charge in [0, 0.05) is 7.05 Å². The summed E-state index contributed by atoms with van der Waals surface area (Å²) in [6, 6.07) is 15.3. The van der Waals surface area contributed by atoms with E-state index in [1.165, 1.54) is 0 Å². The predicted octanol–water partition coefficient (Wildman–Crippen LogP) is 3.45. The molecule has 0 bridgehead atoms.